The van der Waals surface area contributed by atoms with Crippen LogP contribution in [0.15, 0.2) is 72.3 Å². The van der Waals surface area contributed by atoms with Gasteiger partial charge in [-0.25, -0.2) is 4.39 Å². The number of ether oxygens (including phenoxy) is 1. The second-order valence-corrected chi connectivity index (χ2v) is 12.7. The number of carbonyl (C=O) groups excluding carboxylic acids is 2. The summed E-state index contributed by atoms with van der Waals surface area (Å²) in [6.45, 7) is 3.55. The first-order chi connectivity index (χ1) is 21.3. The molecule has 0 aromatic heterocycles. The summed E-state index contributed by atoms with van der Waals surface area (Å²) in [7, 11) is 0. The molecule has 230 valence electrons. The summed E-state index contributed by atoms with van der Waals surface area (Å²) in [6.07, 6.45) is 4.14. The van der Waals surface area contributed by atoms with Crippen LogP contribution >= 0.6 is 23.2 Å². The van der Waals surface area contributed by atoms with Gasteiger partial charge in [0.15, 0.2) is 0 Å². The monoisotopic (exact) mass is 635 g/mol. The molecule has 2 heterocycles. The van der Waals surface area contributed by atoms with Crippen molar-refractivity contribution < 1.29 is 18.7 Å². The summed E-state index contributed by atoms with van der Waals surface area (Å²) in [5.74, 6) is 0.00825. The minimum Gasteiger partial charge on any atom is -0.492 e. The van der Waals surface area contributed by atoms with Gasteiger partial charge in [0.05, 0.1) is 17.7 Å². The summed E-state index contributed by atoms with van der Waals surface area (Å²) in [6, 6.07) is 20.2. The van der Waals surface area contributed by atoms with Crippen molar-refractivity contribution in [2.75, 3.05) is 19.7 Å². The largest absolute Gasteiger partial charge is 0.492 e. The standard InChI is InChI=1S/C35H36Cl2FN3O3/c1-22(42)40-20-27-18-29(24-10-8-23(9-11-24)5-4-16-44-33-17-26(38)12-15-31(33)37)34(32(21-40)39-27)35(43)41(28-13-14-28)19-25-6-2-3-7-30(25)36/h2-3,6-12,15,17,27-28,32,39H,4-5,13-14,16,18-21H2,1H3/t27-,32-/m1/s1. The zero-order valence-electron chi connectivity index (χ0n) is 24.7. The average molecular weight is 637 g/mol. The van der Waals surface area contributed by atoms with Gasteiger partial charge in [-0.05, 0) is 72.6 Å². The molecule has 6 nitrogen and oxygen atoms in total. The van der Waals surface area contributed by atoms with E-state index in [2.05, 4.69) is 29.6 Å². The molecule has 1 aliphatic carbocycles. The van der Waals surface area contributed by atoms with Gasteiger partial charge in [-0.15, -0.1) is 0 Å². The third kappa shape index (κ3) is 6.96. The normalized spacial score (nSPS) is 19.6. The van der Waals surface area contributed by atoms with Crippen LogP contribution in [0.2, 0.25) is 10.0 Å². The maximum absolute atomic E-state index is 14.5. The molecule has 6 rings (SSSR count). The highest BCUT2D eigenvalue weighted by Crippen LogP contribution is 2.38. The van der Waals surface area contributed by atoms with Crippen molar-refractivity contribution in [2.45, 2.75) is 63.7 Å². The Bertz CT molecular complexity index is 1570. The van der Waals surface area contributed by atoms with Gasteiger partial charge in [-0.1, -0.05) is 65.7 Å². The number of carbonyl (C=O) groups is 2. The van der Waals surface area contributed by atoms with Crippen LogP contribution in [0, 0.1) is 5.82 Å². The Morgan fingerprint density at radius 3 is 2.52 bits per heavy atom. The van der Waals surface area contributed by atoms with E-state index >= 15 is 0 Å². The van der Waals surface area contributed by atoms with Crippen molar-refractivity contribution in [3.05, 3.63) is 105 Å². The van der Waals surface area contributed by atoms with Crippen LogP contribution in [0.25, 0.3) is 5.57 Å². The molecule has 0 radical (unpaired) electrons. The van der Waals surface area contributed by atoms with Crippen molar-refractivity contribution >= 4 is 40.6 Å². The molecule has 3 aromatic carbocycles. The van der Waals surface area contributed by atoms with E-state index in [4.69, 9.17) is 27.9 Å². The number of benzene rings is 3. The number of hydrogen-bond acceptors (Lipinski definition) is 4. The van der Waals surface area contributed by atoms with Crippen LogP contribution in [0.5, 0.6) is 5.75 Å². The first-order valence-electron chi connectivity index (χ1n) is 15.2. The molecule has 3 aromatic rings. The second-order valence-electron chi connectivity index (χ2n) is 11.9. The molecule has 1 saturated heterocycles. The fraction of sp³-hybridized carbons (Fsp3) is 0.371. The van der Waals surface area contributed by atoms with Gasteiger partial charge in [-0.2, -0.15) is 0 Å². The Morgan fingerprint density at radius 2 is 1.80 bits per heavy atom. The lowest BCUT2D eigenvalue weighted by atomic mass is 9.82. The Labute approximate surface area is 267 Å². The number of hydrogen-bond donors (Lipinski definition) is 1. The average Bonchev–Trinajstić information content (AvgIpc) is 3.85. The molecule has 1 N–H and O–H groups in total. The highest BCUT2D eigenvalue weighted by Gasteiger charge is 2.43. The summed E-state index contributed by atoms with van der Waals surface area (Å²) >= 11 is 12.6. The van der Waals surface area contributed by atoms with Gasteiger partial charge in [0, 0.05) is 55.3 Å². The molecule has 0 spiro atoms. The molecular weight excluding hydrogens is 600 g/mol. The van der Waals surface area contributed by atoms with Crippen molar-refractivity contribution in [3.63, 3.8) is 0 Å². The second kappa shape index (κ2) is 13.3. The smallest absolute Gasteiger partial charge is 0.252 e. The molecule has 9 heteroatoms. The van der Waals surface area contributed by atoms with Crippen LogP contribution in [0.3, 0.4) is 0 Å². The van der Waals surface area contributed by atoms with E-state index in [0.717, 1.165) is 53.5 Å². The number of amides is 2. The van der Waals surface area contributed by atoms with Gasteiger partial charge in [-0.3, -0.25) is 9.59 Å². The number of fused-ring (bicyclic) bond motifs is 2. The van der Waals surface area contributed by atoms with Crippen LogP contribution in [-0.4, -0.2) is 59.4 Å². The molecule has 1 saturated carbocycles. The molecule has 2 fully saturated rings. The zero-order valence-corrected chi connectivity index (χ0v) is 26.2. The molecule has 3 aliphatic rings. The summed E-state index contributed by atoms with van der Waals surface area (Å²) in [5.41, 5.74) is 4.90. The van der Waals surface area contributed by atoms with E-state index in [9.17, 15) is 14.0 Å². The van der Waals surface area contributed by atoms with Crippen molar-refractivity contribution in [1.29, 1.82) is 0 Å². The highest BCUT2D eigenvalue weighted by molar-refractivity contribution is 6.32. The molecule has 0 unspecified atom stereocenters. The van der Waals surface area contributed by atoms with Gasteiger partial charge in [0.25, 0.3) is 5.91 Å². The first-order valence-corrected chi connectivity index (χ1v) is 16.0. The van der Waals surface area contributed by atoms with Crippen LogP contribution in [-0.2, 0) is 22.6 Å². The van der Waals surface area contributed by atoms with Crippen molar-refractivity contribution in [2.24, 2.45) is 0 Å². The number of piperazine rings is 1. The van der Waals surface area contributed by atoms with Crippen LogP contribution in [0.4, 0.5) is 4.39 Å². The number of rotatable bonds is 10. The fourth-order valence-corrected chi connectivity index (χ4v) is 6.63. The number of halogens is 3. The van der Waals surface area contributed by atoms with Crippen LogP contribution < -0.4 is 10.1 Å². The fourth-order valence-electron chi connectivity index (χ4n) is 6.26. The maximum atomic E-state index is 14.5. The van der Waals surface area contributed by atoms with Gasteiger partial charge < -0.3 is 19.9 Å². The van der Waals surface area contributed by atoms with E-state index in [0.29, 0.717) is 48.5 Å². The summed E-state index contributed by atoms with van der Waals surface area (Å²) in [4.78, 5) is 30.7. The number of aryl methyl sites for hydroxylation is 1. The molecule has 2 bridgehead atoms. The quantitative estimate of drug-likeness (QED) is 0.252. The predicted octanol–water partition coefficient (Wildman–Crippen LogP) is 6.68. The summed E-state index contributed by atoms with van der Waals surface area (Å²) < 4.78 is 19.2. The third-order valence-corrected chi connectivity index (χ3v) is 9.37. The zero-order chi connectivity index (χ0) is 30.8. The van der Waals surface area contributed by atoms with E-state index in [1.54, 1.807) is 6.92 Å². The van der Waals surface area contributed by atoms with Crippen molar-refractivity contribution in [3.8, 4) is 5.75 Å². The lowest BCUT2D eigenvalue weighted by Crippen LogP contribution is -2.61. The summed E-state index contributed by atoms with van der Waals surface area (Å²) in [5, 5.41) is 4.70. The Kier molecular flexibility index (Phi) is 9.26. The lowest BCUT2D eigenvalue weighted by molar-refractivity contribution is -0.132. The third-order valence-electron chi connectivity index (χ3n) is 8.69. The molecule has 2 amide bonds. The predicted molar refractivity (Wildman–Crippen MR) is 171 cm³/mol. The number of nitrogens with one attached hydrogen (secondary N) is 1. The molecule has 44 heavy (non-hydrogen) atoms. The van der Waals surface area contributed by atoms with E-state index in [1.165, 1.54) is 18.2 Å². The minimum atomic E-state index is -0.382. The lowest BCUT2D eigenvalue weighted by Gasteiger charge is -2.44. The molecule has 2 atom stereocenters. The minimum absolute atomic E-state index is 0.0148. The SMILES string of the molecule is CC(=O)N1C[C@H]2CC(c3ccc(CCCOc4cc(F)ccc4Cl)cc3)=C(C(=O)N(Cc3ccccc3Cl)C3CC3)[C@@H](C1)N2. The van der Waals surface area contributed by atoms with Gasteiger partial charge in [0.2, 0.25) is 5.91 Å². The topological polar surface area (TPSA) is 61.9 Å². The Balaban J connectivity index is 1.23. The Morgan fingerprint density at radius 1 is 1.02 bits per heavy atom. The van der Waals surface area contributed by atoms with Crippen LogP contribution in [0.1, 0.15) is 49.3 Å². The van der Waals surface area contributed by atoms with Gasteiger partial charge >= 0.3 is 0 Å². The first kappa shape index (κ1) is 30.6. The van der Waals surface area contributed by atoms with E-state index in [1.807, 2.05) is 34.1 Å². The highest BCUT2D eigenvalue weighted by atomic mass is 35.5. The molecular formula is C35H36Cl2FN3O3. The number of nitrogens with zero attached hydrogens (tertiary/aromatic N) is 2. The molecule has 2 aliphatic heterocycles. The van der Waals surface area contributed by atoms with E-state index < -0.39 is 0 Å². The van der Waals surface area contributed by atoms with Crippen molar-refractivity contribution in [1.82, 2.24) is 15.1 Å². The van der Waals surface area contributed by atoms with Gasteiger partial charge in [0.1, 0.15) is 11.6 Å². The van der Waals surface area contributed by atoms with E-state index in [-0.39, 0.29) is 35.8 Å². The Hall–Kier alpha value is -3.39. The maximum Gasteiger partial charge on any atom is 0.252 e.